The molecule has 6 nitrogen and oxygen atoms in total. The third kappa shape index (κ3) is 5.71. The van der Waals surface area contributed by atoms with Crippen LogP contribution in [0.1, 0.15) is 32.3 Å². The highest BCUT2D eigenvalue weighted by Crippen LogP contribution is 2.39. The molecule has 1 heterocycles. The Kier molecular flexibility index (Phi) is 8.78. The van der Waals surface area contributed by atoms with E-state index in [9.17, 15) is 9.59 Å². The number of methoxy groups -OCH3 is 1. The summed E-state index contributed by atoms with van der Waals surface area (Å²) in [4.78, 5) is 26.3. The van der Waals surface area contributed by atoms with E-state index in [4.69, 9.17) is 26.4 Å². The van der Waals surface area contributed by atoms with Crippen LogP contribution in [-0.2, 0) is 14.3 Å². The number of thiocarbonyl (C=S) groups is 1. The van der Waals surface area contributed by atoms with Gasteiger partial charge >= 0.3 is 5.97 Å². The van der Waals surface area contributed by atoms with E-state index in [-0.39, 0.29) is 24.8 Å². The first-order valence-corrected chi connectivity index (χ1v) is 10.8. The van der Waals surface area contributed by atoms with Crippen molar-refractivity contribution in [2.75, 3.05) is 26.9 Å². The summed E-state index contributed by atoms with van der Waals surface area (Å²) in [6, 6.07) is 3.65. The topological polar surface area (TPSA) is 65.1 Å². The fourth-order valence-corrected chi connectivity index (χ4v) is 4.33. The minimum absolute atomic E-state index is 0.113. The molecule has 0 radical (unpaired) electrons. The summed E-state index contributed by atoms with van der Waals surface area (Å²) in [5.74, 6) is 0.624. The highest BCUT2D eigenvalue weighted by molar-refractivity contribution is 9.10. The van der Waals surface area contributed by atoms with Crippen molar-refractivity contribution in [3.8, 4) is 11.5 Å². The average molecular weight is 488 g/mol. The molecule has 9 heteroatoms. The van der Waals surface area contributed by atoms with Crippen LogP contribution in [-0.4, -0.2) is 48.0 Å². The average Bonchev–Trinajstić information content (AvgIpc) is 2.93. The number of rotatable bonds is 9. The predicted octanol–water partition coefficient (Wildman–Crippen LogP) is 4.40. The summed E-state index contributed by atoms with van der Waals surface area (Å²) in [5, 5.41) is 0. The van der Waals surface area contributed by atoms with Gasteiger partial charge in [0.1, 0.15) is 4.32 Å². The van der Waals surface area contributed by atoms with Crippen molar-refractivity contribution < 1.29 is 23.8 Å². The van der Waals surface area contributed by atoms with Gasteiger partial charge in [-0.2, -0.15) is 0 Å². The Morgan fingerprint density at radius 2 is 2.11 bits per heavy atom. The lowest BCUT2D eigenvalue weighted by atomic mass is 10.2. The summed E-state index contributed by atoms with van der Waals surface area (Å²) in [5.41, 5.74) is 0.773. The normalized spacial score (nSPS) is 15.3. The molecule has 0 spiro atoms. The van der Waals surface area contributed by atoms with Crippen molar-refractivity contribution in [3.63, 3.8) is 0 Å². The fraction of sp³-hybridized carbons (Fsp3) is 0.421. The van der Waals surface area contributed by atoms with Gasteiger partial charge in [-0.3, -0.25) is 14.5 Å². The van der Waals surface area contributed by atoms with E-state index in [0.29, 0.717) is 33.9 Å². The molecular weight excluding hydrogens is 466 g/mol. The van der Waals surface area contributed by atoms with Gasteiger partial charge in [-0.1, -0.05) is 30.9 Å². The number of carbonyl (C=O) groups excluding carboxylic acids is 2. The predicted molar refractivity (Wildman–Crippen MR) is 118 cm³/mol. The molecule has 152 valence electrons. The Labute approximate surface area is 182 Å². The number of esters is 1. The summed E-state index contributed by atoms with van der Waals surface area (Å²) < 4.78 is 17.2. The number of hydrogen-bond donors (Lipinski definition) is 0. The number of benzene rings is 1. The minimum atomic E-state index is -0.333. The van der Waals surface area contributed by atoms with Gasteiger partial charge in [0.05, 0.1) is 36.1 Å². The number of thioether (sulfide) groups is 1. The van der Waals surface area contributed by atoms with Crippen LogP contribution in [0.2, 0.25) is 0 Å². The monoisotopic (exact) mass is 487 g/mol. The van der Waals surface area contributed by atoms with Gasteiger partial charge in [0, 0.05) is 6.54 Å². The quantitative estimate of drug-likeness (QED) is 0.290. The number of halogens is 1. The third-order valence-electron chi connectivity index (χ3n) is 3.72. The Balaban J connectivity index is 2.15. The first-order chi connectivity index (χ1) is 13.4. The van der Waals surface area contributed by atoms with Crippen molar-refractivity contribution in [2.45, 2.75) is 26.7 Å². The van der Waals surface area contributed by atoms with Crippen molar-refractivity contribution in [2.24, 2.45) is 0 Å². The van der Waals surface area contributed by atoms with E-state index in [1.165, 1.54) is 16.7 Å². The van der Waals surface area contributed by atoms with Crippen molar-refractivity contribution >= 4 is 62.2 Å². The first-order valence-electron chi connectivity index (χ1n) is 8.82. The molecule has 1 aliphatic heterocycles. The molecule has 0 aliphatic carbocycles. The van der Waals surface area contributed by atoms with Gasteiger partial charge < -0.3 is 14.2 Å². The van der Waals surface area contributed by atoms with Crippen LogP contribution in [0.3, 0.4) is 0 Å². The van der Waals surface area contributed by atoms with Gasteiger partial charge in [0.25, 0.3) is 5.91 Å². The lowest BCUT2D eigenvalue weighted by Gasteiger charge is -2.14. The number of ether oxygens (including phenoxy) is 3. The van der Waals surface area contributed by atoms with Crippen LogP contribution in [0.5, 0.6) is 11.5 Å². The van der Waals surface area contributed by atoms with Gasteiger partial charge in [0.15, 0.2) is 11.5 Å². The summed E-state index contributed by atoms with van der Waals surface area (Å²) in [6.07, 6.45) is 2.62. The van der Waals surface area contributed by atoms with E-state index in [2.05, 4.69) is 15.9 Å². The van der Waals surface area contributed by atoms with Gasteiger partial charge in [-0.25, -0.2) is 0 Å². The maximum atomic E-state index is 12.7. The second kappa shape index (κ2) is 10.8. The van der Waals surface area contributed by atoms with Crippen LogP contribution in [0.25, 0.3) is 6.08 Å². The summed E-state index contributed by atoms with van der Waals surface area (Å²) >= 11 is 9.99. The van der Waals surface area contributed by atoms with E-state index >= 15 is 0 Å². The Morgan fingerprint density at radius 1 is 1.36 bits per heavy atom. The fourth-order valence-electron chi connectivity index (χ4n) is 2.44. The zero-order valence-corrected chi connectivity index (χ0v) is 19.2. The molecular formula is C19H22BrNO5S2. The molecule has 1 aliphatic rings. The molecule has 1 saturated heterocycles. The molecule has 0 atom stereocenters. The second-order valence-corrected chi connectivity index (χ2v) is 8.30. The lowest BCUT2D eigenvalue weighted by molar-refractivity contribution is -0.143. The summed E-state index contributed by atoms with van der Waals surface area (Å²) in [6.45, 7) is 4.91. The largest absolute Gasteiger partial charge is 0.493 e. The first kappa shape index (κ1) is 22.7. The van der Waals surface area contributed by atoms with Crippen LogP contribution in [0, 0.1) is 0 Å². The Bertz CT molecular complexity index is 797. The molecule has 0 aromatic heterocycles. The molecule has 0 N–H and O–H groups in total. The highest BCUT2D eigenvalue weighted by atomic mass is 79.9. The smallest absolute Gasteiger partial charge is 0.307 e. The minimum Gasteiger partial charge on any atom is -0.493 e. The van der Waals surface area contributed by atoms with Crippen LogP contribution in [0.15, 0.2) is 21.5 Å². The molecule has 0 saturated carbocycles. The molecule has 0 unspecified atom stereocenters. The standard InChI is InChI=1S/C19H22BrNO5S2/c1-4-8-26-16(22)6-7-21-18(23)15(28-19(21)27)11-12-9-13(20)17(25-5-2)14(10-12)24-3/h9-11H,4-8H2,1-3H3/b15-11-. The molecule has 28 heavy (non-hydrogen) atoms. The molecule has 1 aromatic carbocycles. The lowest BCUT2D eigenvalue weighted by Crippen LogP contribution is -2.30. The van der Waals surface area contributed by atoms with E-state index in [1.807, 2.05) is 19.9 Å². The van der Waals surface area contributed by atoms with Crippen LogP contribution in [0.4, 0.5) is 0 Å². The molecule has 1 amide bonds. The maximum absolute atomic E-state index is 12.7. The third-order valence-corrected chi connectivity index (χ3v) is 5.69. The van der Waals surface area contributed by atoms with E-state index < -0.39 is 0 Å². The zero-order chi connectivity index (χ0) is 20.7. The number of amides is 1. The molecule has 0 bridgehead atoms. The van der Waals surface area contributed by atoms with E-state index in [0.717, 1.165) is 16.5 Å². The number of hydrogen-bond acceptors (Lipinski definition) is 7. The van der Waals surface area contributed by atoms with Gasteiger partial charge in [0.2, 0.25) is 0 Å². The van der Waals surface area contributed by atoms with Crippen molar-refractivity contribution in [1.29, 1.82) is 0 Å². The van der Waals surface area contributed by atoms with Crippen molar-refractivity contribution in [3.05, 3.63) is 27.1 Å². The second-order valence-electron chi connectivity index (χ2n) is 5.77. The SMILES string of the molecule is CCCOC(=O)CCN1C(=O)/C(=C/c2cc(Br)c(OCC)c(OC)c2)SC1=S. The molecule has 2 rings (SSSR count). The number of carbonyl (C=O) groups is 2. The molecule has 1 fully saturated rings. The van der Waals surface area contributed by atoms with Crippen molar-refractivity contribution in [1.82, 2.24) is 4.90 Å². The molecule has 1 aromatic rings. The summed E-state index contributed by atoms with van der Waals surface area (Å²) in [7, 11) is 1.56. The Hall–Kier alpha value is -1.58. The maximum Gasteiger partial charge on any atom is 0.307 e. The zero-order valence-electron chi connectivity index (χ0n) is 16.0. The Morgan fingerprint density at radius 3 is 2.75 bits per heavy atom. The van der Waals surface area contributed by atoms with Crippen LogP contribution >= 0.6 is 39.9 Å². The number of nitrogens with zero attached hydrogens (tertiary/aromatic N) is 1. The van der Waals surface area contributed by atoms with E-state index in [1.54, 1.807) is 19.3 Å². The van der Waals surface area contributed by atoms with Gasteiger partial charge in [-0.15, -0.1) is 0 Å². The van der Waals surface area contributed by atoms with Crippen LogP contribution < -0.4 is 9.47 Å². The van der Waals surface area contributed by atoms with Gasteiger partial charge in [-0.05, 0) is 53.0 Å². The highest BCUT2D eigenvalue weighted by Gasteiger charge is 2.32.